The number of halogens is 2. The molecule has 0 radical (unpaired) electrons. The molecule has 1 aliphatic carbocycles. The van der Waals surface area contributed by atoms with Gasteiger partial charge in [-0.25, -0.2) is 0 Å². The first-order valence-electron chi connectivity index (χ1n) is 4.22. The summed E-state index contributed by atoms with van der Waals surface area (Å²) < 4.78 is 9.15. The van der Waals surface area contributed by atoms with Gasteiger partial charge in [-0.1, -0.05) is 0 Å². The van der Waals surface area contributed by atoms with Gasteiger partial charge in [0.25, 0.3) is 0 Å². The van der Waals surface area contributed by atoms with Crippen LogP contribution in [0.1, 0.15) is 6.42 Å². The van der Waals surface area contributed by atoms with Crippen molar-refractivity contribution in [3.8, 4) is 0 Å². The second-order valence-electron chi connectivity index (χ2n) is 3.57. The zero-order valence-corrected chi connectivity index (χ0v) is 13.2. The Hall–Kier alpha value is 0.943. The van der Waals surface area contributed by atoms with Gasteiger partial charge in [0.05, 0.1) is 0 Å². The van der Waals surface area contributed by atoms with E-state index in [1.807, 2.05) is 0 Å². The van der Waals surface area contributed by atoms with Crippen LogP contribution in [0, 0.1) is 0 Å². The Morgan fingerprint density at radius 2 is 1.54 bits per heavy atom. The van der Waals surface area contributed by atoms with Crippen LogP contribution in [-0.4, -0.2) is 12.8 Å². The minimum absolute atomic E-state index is 1.25. The molecule has 1 rings (SSSR count). The van der Waals surface area contributed by atoms with E-state index >= 15 is 0 Å². The fourth-order valence-corrected chi connectivity index (χ4v) is 4.26. The average molecular weight is 302 g/mol. The SMILES string of the molecule is CCl.CCl.[CH3][Zr]([CH3])([CH3])[C]1=CC=CC1. The molecular formula is C10H20Cl2Zr. The van der Waals surface area contributed by atoms with Crippen LogP contribution < -0.4 is 0 Å². The van der Waals surface area contributed by atoms with Crippen molar-refractivity contribution in [2.24, 2.45) is 0 Å². The van der Waals surface area contributed by atoms with Gasteiger partial charge in [-0.05, 0) is 0 Å². The molecule has 0 aliphatic heterocycles. The van der Waals surface area contributed by atoms with Crippen molar-refractivity contribution >= 4 is 23.2 Å². The van der Waals surface area contributed by atoms with Crippen LogP contribution in [0.4, 0.5) is 0 Å². The summed E-state index contributed by atoms with van der Waals surface area (Å²) in [7, 11) is 0. The van der Waals surface area contributed by atoms with E-state index in [4.69, 9.17) is 0 Å². The molecule has 0 fully saturated rings. The molecular weight excluding hydrogens is 282 g/mol. The molecule has 0 saturated carbocycles. The zero-order chi connectivity index (χ0) is 10.9. The Labute approximate surface area is 97.4 Å². The summed E-state index contributed by atoms with van der Waals surface area (Å²) in [6, 6.07) is 0. The molecule has 0 unspecified atom stereocenters. The second-order valence-corrected chi connectivity index (χ2v) is 16.2. The van der Waals surface area contributed by atoms with Crippen LogP contribution in [0.15, 0.2) is 21.5 Å². The Kier molecular flexibility index (Phi) is 12.0. The molecule has 13 heavy (non-hydrogen) atoms. The van der Waals surface area contributed by atoms with Crippen LogP contribution in [0.2, 0.25) is 13.9 Å². The van der Waals surface area contributed by atoms with Crippen molar-refractivity contribution in [3.05, 3.63) is 21.5 Å². The Bertz CT molecular complexity index is 166. The van der Waals surface area contributed by atoms with Gasteiger partial charge in [0.1, 0.15) is 0 Å². The Morgan fingerprint density at radius 3 is 1.69 bits per heavy atom. The van der Waals surface area contributed by atoms with Crippen LogP contribution >= 0.6 is 23.2 Å². The molecule has 0 bridgehead atoms. The summed E-state index contributed by atoms with van der Waals surface area (Å²) in [6.45, 7) is 0. The topological polar surface area (TPSA) is 0 Å². The van der Waals surface area contributed by atoms with Crippen molar-refractivity contribution in [1.82, 2.24) is 0 Å². The van der Waals surface area contributed by atoms with Crippen LogP contribution in [0.25, 0.3) is 0 Å². The monoisotopic (exact) mass is 300 g/mol. The summed E-state index contributed by atoms with van der Waals surface area (Å²) in [4.78, 5) is 0. The molecule has 0 saturated heterocycles. The van der Waals surface area contributed by atoms with E-state index in [-0.39, 0.29) is 0 Å². The predicted molar refractivity (Wildman–Crippen MR) is 63.0 cm³/mol. The maximum absolute atomic E-state index is 4.64. The van der Waals surface area contributed by atoms with Crippen molar-refractivity contribution in [2.45, 2.75) is 20.3 Å². The third kappa shape index (κ3) is 7.97. The van der Waals surface area contributed by atoms with Crippen LogP contribution in [0.5, 0.6) is 0 Å². The first-order chi connectivity index (χ1) is 6.11. The zero-order valence-electron chi connectivity index (χ0n) is 9.20. The van der Waals surface area contributed by atoms with Crippen LogP contribution in [-0.2, 0) is 20.3 Å². The van der Waals surface area contributed by atoms with E-state index < -0.39 is 20.3 Å². The number of hydrogen-bond donors (Lipinski definition) is 0. The van der Waals surface area contributed by atoms with Gasteiger partial charge < -0.3 is 0 Å². The quantitative estimate of drug-likeness (QED) is 0.608. The first-order valence-corrected chi connectivity index (χ1v) is 14.3. The van der Waals surface area contributed by atoms with Crippen LogP contribution in [0.3, 0.4) is 0 Å². The second kappa shape index (κ2) is 9.50. The van der Waals surface area contributed by atoms with Gasteiger partial charge in [-0.2, -0.15) is 0 Å². The van der Waals surface area contributed by atoms with Crippen molar-refractivity contribution in [1.29, 1.82) is 0 Å². The summed E-state index contributed by atoms with van der Waals surface area (Å²) in [5.74, 6) is 0. The van der Waals surface area contributed by atoms with E-state index in [1.54, 1.807) is 3.28 Å². The number of allylic oxidation sites excluding steroid dienone is 4. The van der Waals surface area contributed by atoms with E-state index in [1.165, 1.54) is 19.2 Å². The number of rotatable bonds is 1. The molecule has 0 aromatic rings. The Morgan fingerprint density at radius 1 is 1.08 bits per heavy atom. The average Bonchev–Trinajstić information content (AvgIpc) is 2.63. The molecule has 78 valence electrons. The van der Waals surface area contributed by atoms with Gasteiger partial charge in [0.15, 0.2) is 0 Å². The standard InChI is InChI=1S/C5H5.2CH3Cl.3CH3.Zr/c1-2-4-5-3-1;2*1-2;;;;/h1-3H,4H2;2*1H3;3*1H3;. The Balaban J connectivity index is 0. The molecule has 0 nitrogen and oxygen atoms in total. The fourth-order valence-electron chi connectivity index (χ4n) is 1.00. The van der Waals surface area contributed by atoms with Gasteiger partial charge in [-0.3, -0.25) is 0 Å². The molecule has 0 amide bonds. The molecule has 0 N–H and O–H groups in total. The normalized spacial score (nSPS) is 13.6. The molecule has 0 aromatic heterocycles. The van der Waals surface area contributed by atoms with E-state index in [2.05, 4.69) is 55.3 Å². The summed E-state index contributed by atoms with van der Waals surface area (Å²) >= 11 is 7.68. The van der Waals surface area contributed by atoms with Crippen molar-refractivity contribution in [3.63, 3.8) is 0 Å². The molecule has 0 aromatic carbocycles. The molecule has 1 aliphatic rings. The number of alkyl halides is 2. The molecule has 3 heteroatoms. The first kappa shape index (κ1) is 16.4. The third-order valence-corrected chi connectivity index (χ3v) is 7.38. The van der Waals surface area contributed by atoms with Gasteiger partial charge >= 0.3 is 62.1 Å². The number of hydrogen-bond acceptors (Lipinski definition) is 0. The van der Waals surface area contributed by atoms with E-state index in [9.17, 15) is 0 Å². The molecule has 0 heterocycles. The third-order valence-electron chi connectivity index (χ3n) is 1.73. The minimum atomic E-state index is -1.59. The molecule has 0 spiro atoms. The molecule has 0 atom stereocenters. The predicted octanol–water partition coefficient (Wildman–Crippen LogP) is 4.84. The van der Waals surface area contributed by atoms with E-state index in [0.29, 0.717) is 0 Å². The van der Waals surface area contributed by atoms with Crippen molar-refractivity contribution < 1.29 is 20.3 Å². The van der Waals surface area contributed by atoms with Gasteiger partial charge in [0, 0.05) is 12.8 Å². The summed E-state index contributed by atoms with van der Waals surface area (Å²) in [6.07, 6.45) is 11.0. The fraction of sp³-hybridized carbons (Fsp3) is 0.600. The summed E-state index contributed by atoms with van der Waals surface area (Å²) in [5, 5.41) is 0. The maximum atomic E-state index is 4.64. The van der Waals surface area contributed by atoms with Gasteiger partial charge in [0.2, 0.25) is 0 Å². The summed E-state index contributed by atoms with van der Waals surface area (Å²) in [5.41, 5.74) is 0. The van der Waals surface area contributed by atoms with Gasteiger partial charge in [-0.15, -0.1) is 23.2 Å². The van der Waals surface area contributed by atoms with E-state index in [0.717, 1.165) is 0 Å². The van der Waals surface area contributed by atoms with Crippen molar-refractivity contribution in [2.75, 3.05) is 12.8 Å².